The maximum absolute atomic E-state index is 11.5. The van der Waals surface area contributed by atoms with Crippen molar-refractivity contribution >= 4 is 5.97 Å². The van der Waals surface area contributed by atoms with Crippen LogP contribution >= 0.6 is 0 Å². The minimum atomic E-state index is -0.663. The van der Waals surface area contributed by atoms with Gasteiger partial charge in [0.1, 0.15) is 0 Å². The third kappa shape index (κ3) is 2.16. The Morgan fingerprint density at radius 1 is 1.22 bits per heavy atom. The van der Waals surface area contributed by atoms with Gasteiger partial charge < -0.3 is 5.11 Å². The Kier molecular flexibility index (Phi) is 3.11. The molecule has 2 fully saturated rings. The highest BCUT2D eigenvalue weighted by Crippen LogP contribution is 2.51. The summed E-state index contributed by atoms with van der Waals surface area (Å²) in [6.07, 6.45) is 6.16. The normalized spacial score (nSPS) is 31.4. The van der Waals surface area contributed by atoms with Gasteiger partial charge in [-0.2, -0.15) is 0 Å². The van der Waals surface area contributed by atoms with Crippen LogP contribution in [0.3, 0.4) is 0 Å². The Bertz CT molecular complexity index is 426. The summed E-state index contributed by atoms with van der Waals surface area (Å²) in [6.45, 7) is 0. The first kappa shape index (κ1) is 11.8. The van der Waals surface area contributed by atoms with Gasteiger partial charge in [-0.25, -0.2) is 0 Å². The van der Waals surface area contributed by atoms with Gasteiger partial charge in [0.15, 0.2) is 0 Å². The van der Waals surface area contributed by atoms with Crippen LogP contribution in [-0.2, 0) is 4.79 Å². The van der Waals surface area contributed by atoms with E-state index in [2.05, 4.69) is 0 Å². The number of aliphatic carboxylic acids is 1. The molecule has 0 aromatic heterocycles. The summed E-state index contributed by atoms with van der Waals surface area (Å²) in [5.74, 6) is 1.37. The molecule has 1 aromatic rings. The molecule has 4 unspecified atom stereocenters. The van der Waals surface area contributed by atoms with Crippen LogP contribution in [0.4, 0.5) is 0 Å². The molecule has 1 N–H and O–H groups in total. The minimum Gasteiger partial charge on any atom is -0.481 e. The topological polar surface area (TPSA) is 37.3 Å². The molecule has 2 aliphatic rings. The molecule has 0 saturated heterocycles. The van der Waals surface area contributed by atoms with E-state index >= 15 is 0 Å². The van der Waals surface area contributed by atoms with Gasteiger partial charge >= 0.3 is 5.97 Å². The highest BCUT2D eigenvalue weighted by Gasteiger charge is 2.41. The molecule has 3 rings (SSSR count). The standard InChI is InChI=1S/C16H20O2/c17-16(18)15(12-4-2-1-3-5-12)10-14-9-11-6-7-13(14)8-11/h1-5,11,13-15H,6-10H2,(H,17,18). The van der Waals surface area contributed by atoms with Crippen molar-refractivity contribution in [1.29, 1.82) is 0 Å². The van der Waals surface area contributed by atoms with Crippen molar-refractivity contribution in [2.75, 3.05) is 0 Å². The molecule has 0 radical (unpaired) electrons. The van der Waals surface area contributed by atoms with Crippen LogP contribution in [-0.4, -0.2) is 11.1 Å². The van der Waals surface area contributed by atoms with Gasteiger partial charge in [-0.3, -0.25) is 4.79 Å². The number of rotatable bonds is 4. The second-order valence-corrected chi connectivity index (χ2v) is 5.97. The average molecular weight is 244 g/mol. The monoisotopic (exact) mass is 244 g/mol. The molecule has 0 heterocycles. The first-order valence-corrected chi connectivity index (χ1v) is 7.02. The minimum absolute atomic E-state index is 0.310. The number of hydrogen-bond donors (Lipinski definition) is 1. The molecule has 1 aromatic carbocycles. The number of carboxylic acid groups (broad SMARTS) is 1. The summed E-state index contributed by atoms with van der Waals surface area (Å²) in [5, 5.41) is 9.46. The first-order valence-electron chi connectivity index (χ1n) is 7.02. The van der Waals surface area contributed by atoms with Gasteiger partial charge in [0.2, 0.25) is 0 Å². The molecule has 0 amide bonds. The third-order valence-corrected chi connectivity index (χ3v) is 4.92. The van der Waals surface area contributed by atoms with Crippen molar-refractivity contribution in [3.05, 3.63) is 35.9 Å². The maximum atomic E-state index is 11.5. The van der Waals surface area contributed by atoms with Crippen LogP contribution in [0.15, 0.2) is 30.3 Å². The first-order chi connectivity index (χ1) is 8.74. The average Bonchev–Trinajstić information content (AvgIpc) is 2.98. The van der Waals surface area contributed by atoms with Gasteiger partial charge in [-0.05, 0) is 49.0 Å². The molecule has 2 heteroatoms. The highest BCUT2D eigenvalue weighted by atomic mass is 16.4. The lowest BCUT2D eigenvalue weighted by atomic mass is 9.80. The van der Waals surface area contributed by atoms with Crippen LogP contribution in [0.2, 0.25) is 0 Å². The number of carboxylic acids is 1. The largest absolute Gasteiger partial charge is 0.481 e. The molecule has 18 heavy (non-hydrogen) atoms. The molecular formula is C16H20O2. The van der Waals surface area contributed by atoms with Crippen molar-refractivity contribution in [1.82, 2.24) is 0 Å². The Balaban J connectivity index is 1.73. The van der Waals surface area contributed by atoms with Crippen LogP contribution in [0.5, 0.6) is 0 Å². The Morgan fingerprint density at radius 3 is 2.56 bits per heavy atom. The predicted octanol–water partition coefficient (Wildman–Crippen LogP) is 3.68. The van der Waals surface area contributed by atoms with Gasteiger partial charge in [0.05, 0.1) is 5.92 Å². The molecule has 4 atom stereocenters. The highest BCUT2D eigenvalue weighted by molar-refractivity contribution is 5.76. The lowest BCUT2D eigenvalue weighted by molar-refractivity contribution is -0.139. The van der Waals surface area contributed by atoms with E-state index in [0.717, 1.165) is 23.8 Å². The molecule has 0 spiro atoms. The van der Waals surface area contributed by atoms with Crippen LogP contribution in [0.25, 0.3) is 0 Å². The zero-order chi connectivity index (χ0) is 12.5. The maximum Gasteiger partial charge on any atom is 0.310 e. The van der Waals surface area contributed by atoms with Crippen molar-refractivity contribution in [3.63, 3.8) is 0 Å². The second-order valence-electron chi connectivity index (χ2n) is 5.97. The van der Waals surface area contributed by atoms with Gasteiger partial charge in [0, 0.05) is 0 Å². The van der Waals surface area contributed by atoms with Gasteiger partial charge in [-0.1, -0.05) is 36.8 Å². The van der Waals surface area contributed by atoms with E-state index in [1.54, 1.807) is 0 Å². The number of hydrogen-bond acceptors (Lipinski definition) is 1. The van der Waals surface area contributed by atoms with E-state index in [-0.39, 0.29) is 5.92 Å². The van der Waals surface area contributed by atoms with Crippen LogP contribution in [0.1, 0.15) is 43.6 Å². The summed E-state index contributed by atoms with van der Waals surface area (Å²) in [7, 11) is 0. The summed E-state index contributed by atoms with van der Waals surface area (Å²) in [5.41, 5.74) is 0.966. The number of fused-ring (bicyclic) bond motifs is 2. The SMILES string of the molecule is O=C(O)C(CC1CC2CCC1C2)c1ccccc1. The molecule has 2 aliphatic carbocycles. The fourth-order valence-electron chi connectivity index (χ4n) is 4.03. The number of benzene rings is 1. The van der Waals surface area contributed by atoms with E-state index < -0.39 is 5.97 Å². The Morgan fingerprint density at radius 2 is 2.00 bits per heavy atom. The van der Waals surface area contributed by atoms with Gasteiger partial charge in [-0.15, -0.1) is 0 Å². The molecule has 2 saturated carbocycles. The fraction of sp³-hybridized carbons (Fsp3) is 0.562. The predicted molar refractivity (Wildman–Crippen MR) is 70.4 cm³/mol. The van der Waals surface area contributed by atoms with E-state index in [4.69, 9.17) is 0 Å². The summed E-state index contributed by atoms with van der Waals surface area (Å²) in [6, 6.07) is 9.72. The van der Waals surface area contributed by atoms with Crippen LogP contribution < -0.4 is 0 Å². The number of carbonyl (C=O) groups is 1. The van der Waals surface area contributed by atoms with E-state index in [1.165, 1.54) is 25.7 Å². The van der Waals surface area contributed by atoms with Gasteiger partial charge in [0.25, 0.3) is 0 Å². The second kappa shape index (κ2) is 4.75. The zero-order valence-corrected chi connectivity index (χ0v) is 10.6. The third-order valence-electron chi connectivity index (χ3n) is 4.92. The quantitative estimate of drug-likeness (QED) is 0.877. The van der Waals surface area contributed by atoms with Crippen molar-refractivity contribution in [2.24, 2.45) is 17.8 Å². The van der Waals surface area contributed by atoms with E-state index in [0.29, 0.717) is 5.92 Å². The van der Waals surface area contributed by atoms with Crippen molar-refractivity contribution < 1.29 is 9.90 Å². The smallest absolute Gasteiger partial charge is 0.310 e. The lowest BCUT2D eigenvalue weighted by Crippen LogP contribution is -2.19. The van der Waals surface area contributed by atoms with Crippen molar-refractivity contribution in [3.8, 4) is 0 Å². The summed E-state index contributed by atoms with van der Waals surface area (Å²) in [4.78, 5) is 11.5. The Labute approximate surface area is 108 Å². The molecule has 96 valence electrons. The molecule has 2 bridgehead atoms. The lowest BCUT2D eigenvalue weighted by Gasteiger charge is -2.25. The Hall–Kier alpha value is -1.31. The molecule has 2 nitrogen and oxygen atoms in total. The summed E-state index contributed by atoms with van der Waals surface area (Å²) >= 11 is 0. The van der Waals surface area contributed by atoms with Crippen molar-refractivity contribution in [2.45, 2.75) is 38.0 Å². The molecule has 0 aliphatic heterocycles. The fourth-order valence-corrected chi connectivity index (χ4v) is 4.03. The molecular weight excluding hydrogens is 224 g/mol. The zero-order valence-electron chi connectivity index (χ0n) is 10.6. The van der Waals surface area contributed by atoms with E-state index in [9.17, 15) is 9.90 Å². The van der Waals surface area contributed by atoms with Crippen LogP contribution in [0, 0.1) is 17.8 Å². The summed E-state index contributed by atoms with van der Waals surface area (Å²) < 4.78 is 0. The van der Waals surface area contributed by atoms with E-state index in [1.807, 2.05) is 30.3 Å².